The molecule has 0 radical (unpaired) electrons. The first-order chi connectivity index (χ1) is 16.8. The molecule has 0 spiro atoms. The SMILES string of the molecule is N#Cc1ccc(N2C[C@]3(c4nnc(C5CC6CCC(C5)N6)o4)C[C@]3(C(F)(F)F)C2)c2cccnc12. The number of fused-ring (bicyclic) bond motifs is 4. The predicted octanol–water partition coefficient (Wildman–Crippen LogP) is 4.20. The molecule has 4 fully saturated rings. The topological polar surface area (TPSA) is 90.9 Å². The van der Waals surface area contributed by atoms with Crippen LogP contribution < -0.4 is 10.2 Å². The number of hydrogen-bond acceptors (Lipinski definition) is 7. The molecular weight excluding hydrogens is 457 g/mol. The van der Waals surface area contributed by atoms with Crippen molar-refractivity contribution in [3.05, 3.63) is 47.8 Å². The van der Waals surface area contributed by atoms with Gasteiger partial charge in [-0.25, -0.2) is 0 Å². The molecule has 2 bridgehead atoms. The van der Waals surface area contributed by atoms with E-state index in [2.05, 4.69) is 26.6 Å². The molecule has 4 atom stereocenters. The standard InChI is InChI=1S/C25H23F3N6O/c26-25(27,28)24-11-23(24,22-33-32-21(35-22)15-8-16-4-5-17(9-15)31-16)12-34(13-24)19-6-3-14(10-29)20-18(19)2-1-7-30-20/h1-3,6-7,15-17,31H,4-5,8-9,11-13H2/t15?,16?,17?,23-,24-/m0/s1. The Kier molecular flexibility index (Phi) is 4.19. The number of benzene rings is 1. The van der Waals surface area contributed by atoms with Crippen LogP contribution in [0, 0.1) is 16.7 Å². The number of pyridine rings is 1. The third kappa shape index (κ3) is 2.84. The zero-order chi connectivity index (χ0) is 24.0. The van der Waals surface area contributed by atoms with Crippen LogP contribution in [0.2, 0.25) is 0 Å². The molecule has 35 heavy (non-hydrogen) atoms. The number of alkyl halides is 3. The van der Waals surface area contributed by atoms with Gasteiger partial charge in [-0.15, -0.1) is 10.2 Å². The van der Waals surface area contributed by atoms with Gasteiger partial charge in [-0.2, -0.15) is 18.4 Å². The second kappa shape index (κ2) is 6.94. The molecule has 1 N–H and O–H groups in total. The van der Waals surface area contributed by atoms with Gasteiger partial charge in [0.1, 0.15) is 11.5 Å². The summed E-state index contributed by atoms with van der Waals surface area (Å²) in [6, 6.07) is 9.82. The van der Waals surface area contributed by atoms with Crippen molar-refractivity contribution >= 4 is 16.6 Å². The Bertz CT molecular complexity index is 1370. The van der Waals surface area contributed by atoms with Crippen LogP contribution in [0.25, 0.3) is 10.9 Å². The first-order valence-corrected chi connectivity index (χ1v) is 12.0. The summed E-state index contributed by atoms with van der Waals surface area (Å²) < 4.78 is 49.7. The van der Waals surface area contributed by atoms with Gasteiger partial charge < -0.3 is 14.6 Å². The lowest BCUT2D eigenvalue weighted by Crippen LogP contribution is -2.37. The van der Waals surface area contributed by atoms with Gasteiger partial charge in [-0.3, -0.25) is 4.98 Å². The van der Waals surface area contributed by atoms with Crippen LogP contribution in [-0.2, 0) is 5.41 Å². The Labute approximate surface area is 199 Å². The number of nitrogens with one attached hydrogen (secondary N) is 1. The number of piperidine rings is 2. The number of aromatic nitrogens is 3. The van der Waals surface area contributed by atoms with Crippen LogP contribution in [-0.4, -0.2) is 46.5 Å². The van der Waals surface area contributed by atoms with Crippen molar-refractivity contribution in [3.8, 4) is 6.07 Å². The quantitative estimate of drug-likeness (QED) is 0.601. The molecule has 1 saturated carbocycles. The predicted molar refractivity (Wildman–Crippen MR) is 120 cm³/mol. The van der Waals surface area contributed by atoms with Crippen molar-refractivity contribution < 1.29 is 17.6 Å². The van der Waals surface area contributed by atoms with Gasteiger partial charge in [0.2, 0.25) is 11.8 Å². The lowest BCUT2D eigenvalue weighted by molar-refractivity contribution is -0.187. The Hall–Kier alpha value is -3.19. The molecule has 7 nitrogen and oxygen atoms in total. The molecule has 5 heterocycles. The summed E-state index contributed by atoms with van der Waals surface area (Å²) in [4.78, 5) is 6.06. The summed E-state index contributed by atoms with van der Waals surface area (Å²) in [5, 5.41) is 22.1. The second-order valence-corrected chi connectivity index (χ2v) is 10.6. The summed E-state index contributed by atoms with van der Waals surface area (Å²) >= 11 is 0. The lowest BCUT2D eigenvalue weighted by Gasteiger charge is -2.26. The molecule has 3 aromatic rings. The molecule has 10 heteroatoms. The van der Waals surface area contributed by atoms with E-state index in [4.69, 9.17) is 4.42 Å². The molecule has 1 aromatic carbocycles. The largest absolute Gasteiger partial charge is 0.424 e. The summed E-state index contributed by atoms with van der Waals surface area (Å²) in [5.41, 5.74) is -1.67. The second-order valence-electron chi connectivity index (χ2n) is 10.6. The smallest absolute Gasteiger partial charge is 0.397 e. The van der Waals surface area contributed by atoms with E-state index < -0.39 is 17.0 Å². The van der Waals surface area contributed by atoms with Crippen molar-refractivity contribution in [1.82, 2.24) is 20.5 Å². The van der Waals surface area contributed by atoms with Gasteiger partial charge in [0.25, 0.3) is 0 Å². The van der Waals surface area contributed by atoms with Crippen LogP contribution in [0.4, 0.5) is 18.9 Å². The number of halogens is 3. The Balaban J connectivity index is 1.26. The normalized spacial score (nSPS) is 33.7. The molecular formula is C25H23F3N6O. The fourth-order valence-corrected chi connectivity index (χ4v) is 6.95. The molecule has 2 unspecified atom stereocenters. The fraction of sp³-hybridized carbons (Fsp3) is 0.520. The monoisotopic (exact) mass is 480 g/mol. The highest BCUT2D eigenvalue weighted by Gasteiger charge is 2.86. The van der Waals surface area contributed by atoms with Gasteiger partial charge in [-0.1, -0.05) is 0 Å². The highest BCUT2D eigenvalue weighted by molar-refractivity contribution is 5.95. The molecule has 4 aliphatic rings. The molecule has 3 saturated heterocycles. The van der Waals surface area contributed by atoms with E-state index in [0.29, 0.717) is 40.1 Å². The minimum absolute atomic E-state index is 0.0500. The number of rotatable bonds is 3. The van der Waals surface area contributed by atoms with Crippen molar-refractivity contribution in [3.63, 3.8) is 0 Å². The molecule has 0 amide bonds. The van der Waals surface area contributed by atoms with Crippen LogP contribution >= 0.6 is 0 Å². The number of nitrogens with zero attached hydrogens (tertiary/aromatic N) is 5. The first kappa shape index (κ1) is 21.1. The maximum Gasteiger partial charge on any atom is 0.397 e. The average Bonchev–Trinajstić information content (AvgIpc) is 3.22. The number of anilines is 1. The van der Waals surface area contributed by atoms with Gasteiger partial charge in [0.15, 0.2) is 0 Å². The molecule has 180 valence electrons. The Morgan fingerprint density at radius 3 is 2.66 bits per heavy atom. The van der Waals surface area contributed by atoms with Gasteiger partial charge in [0, 0.05) is 48.4 Å². The Morgan fingerprint density at radius 1 is 1.11 bits per heavy atom. The van der Waals surface area contributed by atoms with Crippen molar-refractivity contribution in [1.29, 1.82) is 5.26 Å². The molecule has 2 aromatic heterocycles. The van der Waals surface area contributed by atoms with Crippen molar-refractivity contribution in [2.75, 3.05) is 18.0 Å². The zero-order valence-corrected chi connectivity index (χ0v) is 18.8. The first-order valence-electron chi connectivity index (χ1n) is 12.0. The Morgan fingerprint density at radius 2 is 1.91 bits per heavy atom. The highest BCUT2D eigenvalue weighted by Crippen LogP contribution is 2.75. The van der Waals surface area contributed by atoms with E-state index in [1.54, 1.807) is 35.4 Å². The molecule has 7 rings (SSSR count). The number of hydrogen-bond donors (Lipinski definition) is 1. The van der Waals surface area contributed by atoms with Crippen molar-refractivity contribution in [2.45, 2.75) is 61.7 Å². The van der Waals surface area contributed by atoms with Crippen LogP contribution in [0.5, 0.6) is 0 Å². The summed E-state index contributed by atoms with van der Waals surface area (Å²) in [7, 11) is 0. The highest BCUT2D eigenvalue weighted by atomic mass is 19.4. The third-order valence-electron chi connectivity index (χ3n) is 8.74. The van der Waals surface area contributed by atoms with Gasteiger partial charge in [-0.05, 0) is 56.4 Å². The summed E-state index contributed by atoms with van der Waals surface area (Å²) in [6.07, 6.45) is 1.12. The maximum absolute atomic E-state index is 14.5. The van der Waals surface area contributed by atoms with Crippen LogP contribution in [0.1, 0.15) is 55.4 Å². The fourth-order valence-electron chi connectivity index (χ4n) is 6.95. The van der Waals surface area contributed by atoms with Crippen LogP contribution in [0.15, 0.2) is 34.9 Å². The zero-order valence-electron chi connectivity index (χ0n) is 18.8. The third-order valence-corrected chi connectivity index (χ3v) is 8.74. The minimum atomic E-state index is -4.41. The molecule has 3 aliphatic heterocycles. The van der Waals surface area contributed by atoms with E-state index in [9.17, 15) is 18.4 Å². The van der Waals surface area contributed by atoms with E-state index in [1.165, 1.54) is 0 Å². The lowest BCUT2D eigenvalue weighted by atomic mass is 9.92. The van der Waals surface area contributed by atoms with Gasteiger partial charge >= 0.3 is 6.18 Å². The van der Waals surface area contributed by atoms with Crippen LogP contribution in [0.3, 0.4) is 0 Å². The average molecular weight is 480 g/mol. The maximum atomic E-state index is 14.5. The van der Waals surface area contributed by atoms with E-state index in [1.807, 2.05) is 0 Å². The van der Waals surface area contributed by atoms with E-state index >= 15 is 0 Å². The minimum Gasteiger partial charge on any atom is -0.424 e. The van der Waals surface area contributed by atoms with E-state index in [-0.39, 0.29) is 31.3 Å². The number of nitriles is 1. The van der Waals surface area contributed by atoms with E-state index in [0.717, 1.165) is 25.7 Å². The summed E-state index contributed by atoms with van der Waals surface area (Å²) in [5.74, 6) is 0.674. The van der Waals surface area contributed by atoms with Crippen molar-refractivity contribution in [2.24, 2.45) is 5.41 Å². The summed E-state index contributed by atoms with van der Waals surface area (Å²) in [6.45, 7) is -0.0664. The molecule has 1 aliphatic carbocycles. The van der Waals surface area contributed by atoms with Gasteiger partial charge in [0.05, 0.1) is 16.5 Å².